The van der Waals surface area contributed by atoms with E-state index in [2.05, 4.69) is 159 Å². The Morgan fingerprint density at radius 1 is 0.370 bits per heavy atom. The highest BCUT2D eigenvalue weighted by Crippen LogP contribution is 2.50. The summed E-state index contributed by atoms with van der Waals surface area (Å²) < 4.78 is 0. The first-order valence-electron chi connectivity index (χ1n) is 20.1. The first-order valence-corrected chi connectivity index (χ1v) is 20.1. The van der Waals surface area contributed by atoms with Gasteiger partial charge in [-0.2, -0.15) is 0 Å². The van der Waals surface area contributed by atoms with Crippen LogP contribution in [0.15, 0.2) is 48.5 Å². The van der Waals surface area contributed by atoms with Crippen molar-refractivity contribution in [3.63, 3.8) is 0 Å². The van der Waals surface area contributed by atoms with Gasteiger partial charge in [-0.25, -0.2) is 0 Å². The van der Waals surface area contributed by atoms with Gasteiger partial charge >= 0.3 is 0 Å². The highest BCUT2D eigenvalue weighted by molar-refractivity contribution is 5.61. The zero-order chi connectivity index (χ0) is 40.6. The van der Waals surface area contributed by atoms with Crippen LogP contribution in [0.2, 0.25) is 0 Å². The highest BCUT2D eigenvalue weighted by Gasteiger charge is 2.34. The van der Waals surface area contributed by atoms with Gasteiger partial charge in [0.25, 0.3) is 0 Å². The van der Waals surface area contributed by atoms with Crippen molar-refractivity contribution < 1.29 is 20.4 Å². The molecule has 0 saturated heterocycles. The molecule has 4 aromatic carbocycles. The van der Waals surface area contributed by atoms with Gasteiger partial charge in [0.2, 0.25) is 0 Å². The molecule has 292 valence electrons. The molecular weight excluding hydrogens is 665 g/mol. The molecule has 1 aliphatic rings. The minimum absolute atomic E-state index is 0.0204. The van der Waals surface area contributed by atoms with Crippen LogP contribution in [0.3, 0.4) is 0 Å². The molecule has 0 atom stereocenters. The summed E-state index contributed by atoms with van der Waals surface area (Å²) in [4.78, 5) is 0. The van der Waals surface area contributed by atoms with Crippen LogP contribution < -0.4 is 0 Å². The number of fused-ring (bicyclic) bond motifs is 8. The normalized spacial score (nSPS) is 17.0. The average molecular weight is 733 g/mol. The Kier molecular flexibility index (Phi) is 10.7. The van der Waals surface area contributed by atoms with Crippen LogP contribution in [-0.4, -0.2) is 20.4 Å². The number of rotatable bonds is 2. The summed E-state index contributed by atoms with van der Waals surface area (Å²) in [5.74, 6) is 0.194. The van der Waals surface area contributed by atoms with E-state index in [9.17, 15) is 20.4 Å². The van der Waals surface area contributed by atoms with E-state index in [4.69, 9.17) is 0 Å². The zero-order valence-electron chi connectivity index (χ0n) is 36.1. The van der Waals surface area contributed by atoms with Gasteiger partial charge in [0, 0.05) is 46.9 Å². The summed E-state index contributed by atoms with van der Waals surface area (Å²) in [6, 6.07) is 16.9. The molecule has 4 heteroatoms. The molecule has 8 bridgehead atoms. The van der Waals surface area contributed by atoms with E-state index in [-0.39, 0.29) is 68.3 Å². The van der Waals surface area contributed by atoms with Crippen molar-refractivity contribution in [3.8, 4) is 23.0 Å². The molecule has 4 aromatic rings. The third-order valence-corrected chi connectivity index (χ3v) is 11.8. The number of phenols is 4. The third-order valence-electron chi connectivity index (χ3n) is 11.8. The van der Waals surface area contributed by atoms with Crippen molar-refractivity contribution in [1.29, 1.82) is 0 Å². The zero-order valence-corrected chi connectivity index (χ0v) is 36.1. The van der Waals surface area contributed by atoms with Crippen molar-refractivity contribution in [2.75, 3.05) is 0 Å². The lowest BCUT2D eigenvalue weighted by atomic mass is 9.73. The average Bonchev–Trinajstić information content (AvgIpc) is 3.01. The SMILES string of the molecule is CC(C)C1c2cc(C(C)(C)C)cc(c2O)Cc2cc(C(C)(C)C)cc(c2O)C(C(C)C)c2cc(C(C)(C)C)cc(c2O)Cc2cc(C(C)(C)C)cc1c2O. The summed E-state index contributed by atoms with van der Waals surface area (Å²) in [7, 11) is 0. The molecule has 4 nitrogen and oxygen atoms in total. The Bertz CT molecular complexity index is 1760. The smallest absolute Gasteiger partial charge is 0.122 e. The van der Waals surface area contributed by atoms with E-state index in [1.807, 2.05) is 0 Å². The van der Waals surface area contributed by atoms with Gasteiger partial charge in [0.05, 0.1) is 0 Å². The largest absolute Gasteiger partial charge is 0.507 e. The first kappa shape index (κ1) is 41.2. The van der Waals surface area contributed by atoms with Crippen molar-refractivity contribution in [2.45, 2.75) is 157 Å². The van der Waals surface area contributed by atoms with Crippen molar-refractivity contribution in [3.05, 3.63) is 115 Å². The Hall–Kier alpha value is -3.92. The topological polar surface area (TPSA) is 80.9 Å². The van der Waals surface area contributed by atoms with Crippen LogP contribution in [0, 0.1) is 11.8 Å². The fourth-order valence-corrected chi connectivity index (χ4v) is 8.28. The standard InChI is InChI=1S/C50H68O4/c1-27(2)41-37-23-33(47(5,6)7)19-29(43(37)51)17-31-21-35(49(11,12)13)25-39(45(31)53)42(28(3)4)40-26-36(50(14,15)16)22-32(46(40)54)18-30-20-34(48(8,9)10)24-38(41)44(30)52/h19-28,41-42,51-54H,17-18H2,1-16H3. The number of aromatic hydroxyl groups is 4. The molecular formula is C50H68O4. The van der Waals surface area contributed by atoms with E-state index in [0.29, 0.717) is 12.8 Å². The summed E-state index contributed by atoms with van der Waals surface area (Å²) in [5, 5.41) is 49.8. The maximum absolute atomic E-state index is 12.5. The number of phenolic OH excluding ortho intramolecular Hbond substituents is 4. The third kappa shape index (κ3) is 7.91. The van der Waals surface area contributed by atoms with Crippen LogP contribution in [0.25, 0.3) is 0 Å². The maximum Gasteiger partial charge on any atom is 0.122 e. The monoisotopic (exact) mass is 733 g/mol. The lowest BCUT2D eigenvalue weighted by Crippen LogP contribution is -2.19. The summed E-state index contributed by atoms with van der Waals surface area (Å²) in [5.41, 5.74) is 9.53. The Morgan fingerprint density at radius 3 is 0.704 bits per heavy atom. The molecule has 0 aromatic heterocycles. The number of benzene rings is 4. The van der Waals surface area contributed by atoms with Gasteiger partial charge in [-0.05, 0) is 78.0 Å². The van der Waals surface area contributed by atoms with Gasteiger partial charge in [-0.1, -0.05) is 159 Å². The summed E-state index contributed by atoms with van der Waals surface area (Å²) in [6.07, 6.45) is 0.638. The molecule has 1 aliphatic carbocycles. The minimum Gasteiger partial charge on any atom is -0.507 e. The predicted molar refractivity (Wildman–Crippen MR) is 226 cm³/mol. The molecule has 0 unspecified atom stereocenters. The van der Waals surface area contributed by atoms with Gasteiger partial charge in [0.1, 0.15) is 23.0 Å². The molecule has 54 heavy (non-hydrogen) atoms. The van der Waals surface area contributed by atoms with Gasteiger partial charge < -0.3 is 20.4 Å². The molecule has 0 aliphatic heterocycles. The van der Waals surface area contributed by atoms with Gasteiger partial charge in [-0.15, -0.1) is 0 Å². The minimum atomic E-state index is -0.333. The van der Waals surface area contributed by atoms with E-state index in [1.54, 1.807) is 0 Å². The second-order valence-electron chi connectivity index (χ2n) is 21.1. The van der Waals surface area contributed by atoms with E-state index in [1.165, 1.54) is 0 Å². The number of hydrogen-bond acceptors (Lipinski definition) is 4. The lowest BCUT2D eigenvalue weighted by molar-refractivity contribution is 0.422. The number of hydrogen-bond donors (Lipinski definition) is 4. The highest BCUT2D eigenvalue weighted by atomic mass is 16.3. The van der Waals surface area contributed by atoms with E-state index >= 15 is 0 Å². The van der Waals surface area contributed by atoms with Crippen molar-refractivity contribution in [2.24, 2.45) is 11.8 Å². The molecule has 4 N–H and O–H groups in total. The van der Waals surface area contributed by atoms with Crippen molar-refractivity contribution >= 4 is 0 Å². The molecule has 0 fully saturated rings. The molecule has 0 heterocycles. The molecule has 0 saturated carbocycles. The van der Waals surface area contributed by atoms with Crippen LogP contribution in [-0.2, 0) is 34.5 Å². The molecule has 5 rings (SSSR count). The summed E-state index contributed by atoms with van der Waals surface area (Å²) in [6.45, 7) is 34.9. The molecule has 0 spiro atoms. The quantitative estimate of drug-likeness (QED) is 0.165. The Labute approximate surface area is 326 Å². The van der Waals surface area contributed by atoms with Crippen molar-refractivity contribution in [1.82, 2.24) is 0 Å². The fourth-order valence-electron chi connectivity index (χ4n) is 8.28. The van der Waals surface area contributed by atoms with E-state index < -0.39 is 0 Å². The Morgan fingerprint density at radius 2 is 0.556 bits per heavy atom. The summed E-state index contributed by atoms with van der Waals surface area (Å²) >= 11 is 0. The lowest BCUT2D eigenvalue weighted by Gasteiger charge is -2.32. The van der Waals surface area contributed by atoms with E-state index in [0.717, 1.165) is 66.8 Å². The van der Waals surface area contributed by atoms with Crippen LogP contribution in [0.5, 0.6) is 23.0 Å². The second-order valence-corrected chi connectivity index (χ2v) is 21.1. The predicted octanol–water partition coefficient (Wildman–Crippen LogP) is 12.8. The first-order chi connectivity index (χ1) is 24.6. The molecule has 0 radical (unpaired) electrons. The van der Waals surface area contributed by atoms with Crippen LogP contribution in [0.1, 0.15) is 189 Å². The fraction of sp³-hybridized carbons (Fsp3) is 0.520. The van der Waals surface area contributed by atoms with Crippen LogP contribution >= 0.6 is 0 Å². The molecule has 0 amide bonds. The van der Waals surface area contributed by atoms with Gasteiger partial charge in [-0.3, -0.25) is 0 Å². The maximum atomic E-state index is 12.5. The van der Waals surface area contributed by atoms with Gasteiger partial charge in [0.15, 0.2) is 0 Å². The van der Waals surface area contributed by atoms with Crippen LogP contribution in [0.4, 0.5) is 0 Å². The Balaban J connectivity index is 2.04. The second kappa shape index (κ2) is 14.0.